The molecule has 0 aliphatic carbocycles. The van der Waals surface area contributed by atoms with E-state index >= 15 is 0 Å². The van der Waals surface area contributed by atoms with Crippen LogP contribution in [0.5, 0.6) is 0 Å². The summed E-state index contributed by atoms with van der Waals surface area (Å²) >= 11 is 1.62. The SMILES string of the molecule is CCNC(=NCc1scnc1C)NCCc1c[nH]c2ccc(F)cc12.I. The van der Waals surface area contributed by atoms with Crippen molar-refractivity contribution in [3.63, 3.8) is 0 Å². The molecule has 0 amide bonds. The Morgan fingerprint density at radius 3 is 2.92 bits per heavy atom. The van der Waals surface area contributed by atoms with E-state index in [0.717, 1.165) is 47.6 Å². The minimum absolute atomic E-state index is 0. The fourth-order valence-electron chi connectivity index (χ4n) is 2.64. The van der Waals surface area contributed by atoms with Crippen molar-refractivity contribution < 1.29 is 4.39 Å². The van der Waals surface area contributed by atoms with E-state index in [9.17, 15) is 4.39 Å². The first-order chi connectivity index (χ1) is 12.2. The number of rotatable bonds is 6. The Kier molecular flexibility index (Phi) is 7.83. The molecule has 2 heterocycles. The monoisotopic (exact) mass is 487 g/mol. The number of benzene rings is 1. The summed E-state index contributed by atoms with van der Waals surface area (Å²) in [7, 11) is 0. The van der Waals surface area contributed by atoms with E-state index in [-0.39, 0.29) is 29.8 Å². The van der Waals surface area contributed by atoms with Crippen molar-refractivity contribution >= 4 is 52.2 Å². The average molecular weight is 487 g/mol. The highest BCUT2D eigenvalue weighted by Gasteiger charge is 2.06. The van der Waals surface area contributed by atoms with E-state index in [1.54, 1.807) is 23.5 Å². The van der Waals surface area contributed by atoms with Crippen LogP contribution in [0.4, 0.5) is 4.39 Å². The number of H-pyrrole nitrogens is 1. The molecule has 3 rings (SSSR count). The van der Waals surface area contributed by atoms with Crippen LogP contribution in [-0.4, -0.2) is 29.0 Å². The number of nitrogens with one attached hydrogen (secondary N) is 3. The van der Waals surface area contributed by atoms with Crippen LogP contribution >= 0.6 is 35.3 Å². The van der Waals surface area contributed by atoms with E-state index in [4.69, 9.17) is 0 Å². The zero-order valence-electron chi connectivity index (χ0n) is 14.8. The Morgan fingerprint density at radius 2 is 2.19 bits per heavy atom. The summed E-state index contributed by atoms with van der Waals surface area (Å²) < 4.78 is 13.4. The molecule has 0 unspecified atom stereocenters. The quantitative estimate of drug-likeness (QED) is 0.280. The number of fused-ring (bicyclic) bond motifs is 1. The second kappa shape index (κ2) is 9.86. The Balaban J connectivity index is 0.00000243. The molecule has 0 saturated heterocycles. The maximum Gasteiger partial charge on any atom is 0.191 e. The summed E-state index contributed by atoms with van der Waals surface area (Å²) in [5.41, 5.74) is 4.93. The van der Waals surface area contributed by atoms with E-state index in [2.05, 4.69) is 25.6 Å². The van der Waals surface area contributed by atoms with Gasteiger partial charge in [0.05, 0.1) is 17.7 Å². The van der Waals surface area contributed by atoms with Crippen LogP contribution in [0.2, 0.25) is 0 Å². The van der Waals surface area contributed by atoms with Crippen LogP contribution < -0.4 is 10.6 Å². The summed E-state index contributed by atoms with van der Waals surface area (Å²) in [6.07, 6.45) is 2.73. The Morgan fingerprint density at radius 1 is 1.35 bits per heavy atom. The minimum atomic E-state index is -0.212. The van der Waals surface area contributed by atoms with Gasteiger partial charge in [-0.25, -0.2) is 14.4 Å². The number of aryl methyl sites for hydroxylation is 1. The summed E-state index contributed by atoms with van der Waals surface area (Å²) in [6, 6.07) is 4.82. The largest absolute Gasteiger partial charge is 0.361 e. The predicted molar refractivity (Wildman–Crippen MR) is 117 cm³/mol. The smallest absolute Gasteiger partial charge is 0.191 e. The van der Waals surface area contributed by atoms with E-state index < -0.39 is 0 Å². The highest BCUT2D eigenvalue weighted by molar-refractivity contribution is 14.0. The first-order valence-corrected chi connectivity index (χ1v) is 9.22. The summed E-state index contributed by atoms with van der Waals surface area (Å²) in [6.45, 7) is 6.17. The molecule has 0 radical (unpaired) electrons. The Labute approximate surface area is 173 Å². The number of thiazole rings is 1. The van der Waals surface area contributed by atoms with Gasteiger partial charge in [0.1, 0.15) is 5.82 Å². The molecule has 8 heteroatoms. The number of hydrogen-bond acceptors (Lipinski definition) is 3. The van der Waals surface area contributed by atoms with Crippen molar-refractivity contribution in [2.45, 2.75) is 26.8 Å². The molecule has 0 spiro atoms. The van der Waals surface area contributed by atoms with Gasteiger partial charge in [-0.05, 0) is 44.0 Å². The van der Waals surface area contributed by atoms with Gasteiger partial charge in [-0.1, -0.05) is 0 Å². The fraction of sp³-hybridized carbons (Fsp3) is 0.333. The zero-order chi connectivity index (χ0) is 17.6. The number of nitrogens with zero attached hydrogens (tertiary/aromatic N) is 2. The molecule has 26 heavy (non-hydrogen) atoms. The topological polar surface area (TPSA) is 65.1 Å². The fourth-order valence-corrected chi connectivity index (χ4v) is 3.34. The molecule has 2 aromatic heterocycles. The van der Waals surface area contributed by atoms with Gasteiger partial charge in [0, 0.05) is 35.1 Å². The van der Waals surface area contributed by atoms with Gasteiger partial charge in [-0.2, -0.15) is 0 Å². The van der Waals surface area contributed by atoms with Crippen molar-refractivity contribution in [2.75, 3.05) is 13.1 Å². The number of aromatic amines is 1. The van der Waals surface area contributed by atoms with Gasteiger partial charge in [0.2, 0.25) is 0 Å². The lowest BCUT2D eigenvalue weighted by Gasteiger charge is -2.11. The lowest BCUT2D eigenvalue weighted by molar-refractivity contribution is 0.629. The van der Waals surface area contributed by atoms with Crippen molar-refractivity contribution in [2.24, 2.45) is 4.99 Å². The molecule has 0 bridgehead atoms. The summed E-state index contributed by atoms with van der Waals surface area (Å²) in [5, 5.41) is 7.52. The van der Waals surface area contributed by atoms with Gasteiger partial charge in [0.15, 0.2) is 5.96 Å². The number of guanidine groups is 1. The average Bonchev–Trinajstić information content (AvgIpc) is 3.19. The summed E-state index contributed by atoms with van der Waals surface area (Å²) in [5.74, 6) is 0.567. The molecule has 0 saturated carbocycles. The highest BCUT2D eigenvalue weighted by atomic mass is 127. The molecule has 1 aromatic carbocycles. The molecule has 3 aromatic rings. The van der Waals surface area contributed by atoms with Crippen molar-refractivity contribution in [3.05, 3.63) is 51.9 Å². The lowest BCUT2D eigenvalue weighted by atomic mass is 10.1. The molecule has 140 valence electrons. The molecule has 0 atom stereocenters. The highest BCUT2D eigenvalue weighted by Crippen LogP contribution is 2.19. The van der Waals surface area contributed by atoms with E-state index in [1.807, 2.05) is 25.6 Å². The van der Waals surface area contributed by atoms with Gasteiger partial charge in [-0.3, -0.25) is 0 Å². The molecule has 0 aliphatic heterocycles. The molecular weight excluding hydrogens is 464 g/mol. The molecular formula is C18H23FIN5S. The lowest BCUT2D eigenvalue weighted by Crippen LogP contribution is -2.38. The Hall–Kier alpha value is -1.68. The third-order valence-corrected chi connectivity index (χ3v) is 4.91. The third kappa shape index (κ3) is 5.16. The molecule has 3 N–H and O–H groups in total. The standard InChI is InChI=1S/C18H22FN5S.HI/c1-3-20-18(23-10-17-12(2)24-11-25-17)21-7-6-13-9-22-16-5-4-14(19)8-15(13)16;/h4-5,8-9,11,22H,3,6-7,10H2,1-2H3,(H2,20,21,23);1H. The van der Waals surface area contributed by atoms with Crippen LogP contribution in [0.3, 0.4) is 0 Å². The third-order valence-electron chi connectivity index (χ3n) is 3.99. The van der Waals surface area contributed by atoms with Gasteiger partial charge >= 0.3 is 0 Å². The normalized spacial score (nSPS) is 11.4. The van der Waals surface area contributed by atoms with E-state index in [1.165, 1.54) is 10.9 Å². The second-order valence-electron chi connectivity index (χ2n) is 5.74. The molecule has 0 fully saturated rings. The van der Waals surface area contributed by atoms with Crippen LogP contribution in [-0.2, 0) is 13.0 Å². The van der Waals surface area contributed by atoms with Crippen molar-refractivity contribution in [3.8, 4) is 0 Å². The van der Waals surface area contributed by atoms with E-state index in [0.29, 0.717) is 6.54 Å². The Bertz CT molecular complexity index is 873. The number of hydrogen-bond donors (Lipinski definition) is 3. The van der Waals surface area contributed by atoms with Gasteiger partial charge in [0.25, 0.3) is 0 Å². The maximum atomic E-state index is 13.4. The van der Waals surface area contributed by atoms with Crippen molar-refractivity contribution in [1.29, 1.82) is 0 Å². The van der Waals surface area contributed by atoms with Crippen molar-refractivity contribution in [1.82, 2.24) is 20.6 Å². The van der Waals surface area contributed by atoms with Crippen LogP contribution in [0.1, 0.15) is 23.1 Å². The predicted octanol–water partition coefficient (Wildman–Crippen LogP) is 3.99. The first kappa shape index (κ1) is 20.6. The van der Waals surface area contributed by atoms with Crippen LogP contribution in [0.15, 0.2) is 34.9 Å². The number of halogens is 2. The van der Waals surface area contributed by atoms with Crippen LogP contribution in [0.25, 0.3) is 10.9 Å². The van der Waals surface area contributed by atoms with Gasteiger partial charge in [-0.15, -0.1) is 35.3 Å². The summed E-state index contributed by atoms with van der Waals surface area (Å²) in [4.78, 5) is 13.2. The second-order valence-corrected chi connectivity index (χ2v) is 6.68. The minimum Gasteiger partial charge on any atom is -0.361 e. The maximum absolute atomic E-state index is 13.4. The number of aliphatic imine (C=N–C) groups is 1. The first-order valence-electron chi connectivity index (χ1n) is 8.34. The zero-order valence-corrected chi connectivity index (χ0v) is 18.0. The number of aromatic nitrogens is 2. The van der Waals surface area contributed by atoms with Gasteiger partial charge < -0.3 is 15.6 Å². The van der Waals surface area contributed by atoms with Crippen LogP contribution in [0, 0.1) is 12.7 Å². The molecule has 0 aliphatic rings. The molecule has 5 nitrogen and oxygen atoms in total.